The fourth-order valence-corrected chi connectivity index (χ4v) is 1.39. The van der Waals surface area contributed by atoms with Crippen LogP contribution in [0.5, 0.6) is 0 Å². The van der Waals surface area contributed by atoms with Gasteiger partial charge in [0.05, 0.1) is 11.7 Å². The Morgan fingerprint density at radius 3 is 2.88 bits per heavy atom. The molecule has 1 heterocycles. The number of pyridine rings is 1. The highest BCUT2D eigenvalue weighted by molar-refractivity contribution is 6.30. The van der Waals surface area contributed by atoms with E-state index >= 15 is 0 Å². The SMILES string of the molecule is CNCC(O)C(O)c1cnc(Cl)c(C#N)c1. The van der Waals surface area contributed by atoms with E-state index in [1.54, 1.807) is 7.05 Å². The lowest BCUT2D eigenvalue weighted by atomic mass is 10.1. The summed E-state index contributed by atoms with van der Waals surface area (Å²) in [6.45, 7) is 0.242. The number of hydrogen-bond acceptors (Lipinski definition) is 5. The molecule has 0 fully saturated rings. The Morgan fingerprint density at radius 2 is 2.31 bits per heavy atom. The van der Waals surface area contributed by atoms with Crippen LogP contribution in [0.2, 0.25) is 5.15 Å². The van der Waals surface area contributed by atoms with Crippen LogP contribution in [-0.2, 0) is 0 Å². The first-order valence-corrected chi connectivity index (χ1v) is 5.04. The van der Waals surface area contributed by atoms with Crippen molar-refractivity contribution >= 4 is 11.6 Å². The molecule has 0 bridgehead atoms. The molecule has 0 amide bonds. The van der Waals surface area contributed by atoms with Crippen LogP contribution in [-0.4, -0.2) is 34.9 Å². The van der Waals surface area contributed by atoms with Crippen LogP contribution in [0, 0.1) is 11.3 Å². The first-order chi connectivity index (χ1) is 7.60. The predicted molar refractivity (Wildman–Crippen MR) is 58.9 cm³/mol. The van der Waals surface area contributed by atoms with Gasteiger partial charge in [0, 0.05) is 18.3 Å². The molecule has 0 aromatic carbocycles. The molecular formula is C10H12ClN3O2. The highest BCUT2D eigenvalue weighted by Gasteiger charge is 2.19. The van der Waals surface area contributed by atoms with Crippen LogP contribution < -0.4 is 5.32 Å². The second-order valence-electron chi connectivity index (χ2n) is 3.29. The Balaban J connectivity index is 2.92. The molecule has 1 aromatic rings. The molecule has 1 aromatic heterocycles. The molecule has 0 radical (unpaired) electrons. The number of nitrogens with one attached hydrogen (secondary N) is 1. The lowest BCUT2D eigenvalue weighted by Crippen LogP contribution is -2.29. The fourth-order valence-electron chi connectivity index (χ4n) is 1.25. The topological polar surface area (TPSA) is 89.2 Å². The normalized spacial score (nSPS) is 14.2. The van der Waals surface area contributed by atoms with Crippen molar-refractivity contribution in [2.24, 2.45) is 0 Å². The molecule has 0 spiro atoms. The van der Waals surface area contributed by atoms with Gasteiger partial charge in [-0.15, -0.1) is 0 Å². The second kappa shape index (κ2) is 5.77. The van der Waals surface area contributed by atoms with Gasteiger partial charge in [-0.05, 0) is 13.1 Å². The molecule has 0 saturated carbocycles. The minimum absolute atomic E-state index is 0.0848. The van der Waals surface area contributed by atoms with E-state index in [-0.39, 0.29) is 17.3 Å². The average molecular weight is 242 g/mol. The molecule has 0 aliphatic rings. The van der Waals surface area contributed by atoms with Crippen LogP contribution in [0.25, 0.3) is 0 Å². The summed E-state index contributed by atoms with van der Waals surface area (Å²) >= 11 is 5.65. The monoisotopic (exact) mass is 241 g/mol. The largest absolute Gasteiger partial charge is 0.389 e. The Morgan fingerprint density at radius 1 is 1.62 bits per heavy atom. The van der Waals surface area contributed by atoms with Gasteiger partial charge in [0.2, 0.25) is 0 Å². The van der Waals surface area contributed by atoms with Gasteiger partial charge in [-0.2, -0.15) is 5.26 Å². The summed E-state index contributed by atoms with van der Waals surface area (Å²) in [7, 11) is 1.66. The number of aliphatic hydroxyl groups excluding tert-OH is 2. The zero-order valence-corrected chi connectivity index (χ0v) is 9.44. The molecule has 3 N–H and O–H groups in total. The van der Waals surface area contributed by atoms with Crippen LogP contribution in [0.1, 0.15) is 17.2 Å². The molecule has 1 rings (SSSR count). The van der Waals surface area contributed by atoms with Crippen molar-refractivity contribution in [3.05, 3.63) is 28.5 Å². The number of nitrogens with zero attached hydrogens (tertiary/aromatic N) is 2. The smallest absolute Gasteiger partial charge is 0.146 e. The van der Waals surface area contributed by atoms with Crippen LogP contribution >= 0.6 is 11.6 Å². The van der Waals surface area contributed by atoms with Crippen molar-refractivity contribution in [1.29, 1.82) is 5.26 Å². The summed E-state index contributed by atoms with van der Waals surface area (Å²) < 4.78 is 0. The van der Waals surface area contributed by atoms with Crippen LogP contribution in [0.15, 0.2) is 12.3 Å². The Bertz CT molecular complexity index is 406. The van der Waals surface area contributed by atoms with E-state index in [9.17, 15) is 10.2 Å². The van der Waals surface area contributed by atoms with Gasteiger partial charge in [-0.1, -0.05) is 11.6 Å². The summed E-state index contributed by atoms with van der Waals surface area (Å²) in [5, 5.41) is 30.9. The van der Waals surface area contributed by atoms with E-state index in [1.165, 1.54) is 12.3 Å². The number of halogens is 1. The van der Waals surface area contributed by atoms with Crippen molar-refractivity contribution in [2.75, 3.05) is 13.6 Å². The molecular weight excluding hydrogens is 230 g/mol. The maximum Gasteiger partial charge on any atom is 0.146 e. The molecule has 2 unspecified atom stereocenters. The number of nitriles is 1. The van der Waals surface area contributed by atoms with Gasteiger partial charge in [-0.3, -0.25) is 0 Å². The third-order valence-corrected chi connectivity index (χ3v) is 2.40. The maximum absolute atomic E-state index is 9.75. The summed E-state index contributed by atoms with van der Waals surface area (Å²) in [6.07, 6.45) is -0.712. The molecule has 86 valence electrons. The van der Waals surface area contributed by atoms with Gasteiger partial charge in [0.25, 0.3) is 0 Å². The maximum atomic E-state index is 9.75. The first kappa shape index (κ1) is 12.9. The van der Waals surface area contributed by atoms with Crippen LogP contribution in [0.3, 0.4) is 0 Å². The summed E-state index contributed by atoms with van der Waals surface area (Å²) in [5.41, 5.74) is 0.540. The van der Waals surface area contributed by atoms with E-state index < -0.39 is 12.2 Å². The summed E-state index contributed by atoms with van der Waals surface area (Å²) in [6, 6.07) is 3.27. The van der Waals surface area contributed by atoms with Gasteiger partial charge >= 0.3 is 0 Å². The molecule has 2 atom stereocenters. The van der Waals surface area contributed by atoms with Crippen molar-refractivity contribution in [3.8, 4) is 6.07 Å². The summed E-state index contributed by atoms with van der Waals surface area (Å²) in [4.78, 5) is 3.76. The Labute approximate surface area is 98.3 Å². The van der Waals surface area contributed by atoms with Crippen molar-refractivity contribution in [1.82, 2.24) is 10.3 Å². The zero-order chi connectivity index (χ0) is 12.1. The number of rotatable bonds is 4. The number of aliphatic hydroxyl groups is 2. The zero-order valence-electron chi connectivity index (χ0n) is 8.68. The minimum atomic E-state index is -1.09. The quantitative estimate of drug-likeness (QED) is 0.657. The number of likely N-dealkylation sites (N-methyl/N-ethyl adjacent to an activating group) is 1. The molecule has 6 heteroatoms. The first-order valence-electron chi connectivity index (χ1n) is 4.66. The van der Waals surface area contributed by atoms with E-state index in [1.807, 2.05) is 6.07 Å². The van der Waals surface area contributed by atoms with Crippen molar-refractivity contribution < 1.29 is 10.2 Å². The van der Waals surface area contributed by atoms with E-state index in [2.05, 4.69) is 10.3 Å². The average Bonchev–Trinajstić information content (AvgIpc) is 2.29. The number of hydrogen-bond donors (Lipinski definition) is 3. The molecule has 0 aliphatic carbocycles. The predicted octanol–water partition coefficient (Wildman–Crippen LogP) is 0.220. The lowest BCUT2D eigenvalue weighted by molar-refractivity contribution is 0.0200. The van der Waals surface area contributed by atoms with E-state index in [4.69, 9.17) is 16.9 Å². The summed E-state index contributed by atoms with van der Waals surface area (Å²) in [5.74, 6) is 0. The standard InChI is InChI=1S/C10H12ClN3O2/c1-13-5-8(15)9(16)7-2-6(3-12)10(11)14-4-7/h2,4,8-9,13,15-16H,5H2,1H3. The van der Waals surface area contributed by atoms with Gasteiger partial charge in [0.1, 0.15) is 17.3 Å². The fraction of sp³-hybridized carbons (Fsp3) is 0.400. The Kier molecular flexibility index (Phi) is 4.65. The molecule has 5 nitrogen and oxygen atoms in total. The second-order valence-corrected chi connectivity index (χ2v) is 3.65. The van der Waals surface area contributed by atoms with Gasteiger partial charge < -0.3 is 15.5 Å². The molecule has 0 saturated heterocycles. The van der Waals surface area contributed by atoms with E-state index in [0.29, 0.717) is 5.56 Å². The van der Waals surface area contributed by atoms with Crippen molar-refractivity contribution in [2.45, 2.75) is 12.2 Å². The lowest BCUT2D eigenvalue weighted by Gasteiger charge is -2.17. The highest BCUT2D eigenvalue weighted by atomic mass is 35.5. The third kappa shape index (κ3) is 2.90. The Hall–Kier alpha value is -1.19. The van der Waals surface area contributed by atoms with Gasteiger partial charge in [-0.25, -0.2) is 4.98 Å². The van der Waals surface area contributed by atoms with Gasteiger partial charge in [0.15, 0.2) is 0 Å². The minimum Gasteiger partial charge on any atom is -0.389 e. The highest BCUT2D eigenvalue weighted by Crippen LogP contribution is 2.20. The molecule has 16 heavy (non-hydrogen) atoms. The third-order valence-electron chi connectivity index (χ3n) is 2.10. The molecule has 0 aliphatic heterocycles. The van der Waals surface area contributed by atoms with Crippen LogP contribution in [0.4, 0.5) is 0 Å². The van der Waals surface area contributed by atoms with Crippen molar-refractivity contribution in [3.63, 3.8) is 0 Å². The van der Waals surface area contributed by atoms with E-state index in [0.717, 1.165) is 0 Å². The number of aromatic nitrogens is 1.